The van der Waals surface area contributed by atoms with Crippen molar-refractivity contribution in [3.63, 3.8) is 0 Å². The topological polar surface area (TPSA) is 66.4 Å². The van der Waals surface area contributed by atoms with Crippen LogP contribution in [0.15, 0.2) is 24.3 Å². The molecule has 0 radical (unpaired) electrons. The lowest BCUT2D eigenvalue weighted by Crippen LogP contribution is -2.41. The van der Waals surface area contributed by atoms with Crippen LogP contribution in [0.5, 0.6) is 0 Å². The zero-order valence-corrected chi connectivity index (χ0v) is 14.0. The van der Waals surface area contributed by atoms with Gasteiger partial charge in [-0.2, -0.15) is 13.2 Å². The highest BCUT2D eigenvalue weighted by Crippen LogP contribution is 2.29. The van der Waals surface area contributed by atoms with Crippen molar-refractivity contribution in [2.24, 2.45) is 11.8 Å². The summed E-state index contributed by atoms with van der Waals surface area (Å²) in [6.07, 6.45) is -1.64. The summed E-state index contributed by atoms with van der Waals surface area (Å²) in [7, 11) is 0. The number of amides is 1. The zero-order valence-electron chi connectivity index (χ0n) is 14.0. The van der Waals surface area contributed by atoms with Crippen LogP contribution in [0.4, 0.5) is 13.2 Å². The fourth-order valence-corrected chi connectivity index (χ4v) is 3.10. The van der Waals surface area contributed by atoms with Gasteiger partial charge in [-0.3, -0.25) is 9.59 Å². The first-order chi connectivity index (χ1) is 11.7. The van der Waals surface area contributed by atoms with Crippen molar-refractivity contribution in [1.29, 1.82) is 0 Å². The summed E-state index contributed by atoms with van der Waals surface area (Å²) in [5.41, 5.74) is -0.0335. The first kappa shape index (κ1) is 19.3. The molecule has 1 aromatic carbocycles. The van der Waals surface area contributed by atoms with E-state index in [0.29, 0.717) is 37.7 Å². The van der Waals surface area contributed by atoms with E-state index in [2.05, 4.69) is 5.32 Å². The van der Waals surface area contributed by atoms with E-state index in [1.165, 1.54) is 12.1 Å². The molecule has 25 heavy (non-hydrogen) atoms. The molecule has 0 spiro atoms. The molecule has 0 bridgehead atoms. The molecule has 0 saturated heterocycles. The first-order valence-corrected chi connectivity index (χ1v) is 8.36. The van der Waals surface area contributed by atoms with Gasteiger partial charge in [0.15, 0.2) is 0 Å². The Morgan fingerprint density at radius 2 is 1.72 bits per heavy atom. The number of halogens is 3. The Hall–Kier alpha value is -2.05. The molecule has 1 aromatic rings. The molecule has 1 fully saturated rings. The third kappa shape index (κ3) is 5.47. The number of alkyl halides is 3. The highest BCUT2D eigenvalue weighted by Gasteiger charge is 2.30. The molecular formula is C18H22F3NO3. The van der Waals surface area contributed by atoms with Crippen LogP contribution >= 0.6 is 0 Å². The number of benzene rings is 1. The lowest BCUT2D eigenvalue weighted by atomic mass is 9.86. The van der Waals surface area contributed by atoms with Gasteiger partial charge in [0.05, 0.1) is 11.5 Å². The van der Waals surface area contributed by atoms with Crippen molar-refractivity contribution < 1.29 is 27.9 Å². The molecule has 1 atom stereocenters. The number of aliphatic carboxylic acids is 1. The van der Waals surface area contributed by atoms with Crippen LogP contribution < -0.4 is 5.32 Å². The average molecular weight is 357 g/mol. The summed E-state index contributed by atoms with van der Waals surface area (Å²) in [4.78, 5) is 23.2. The van der Waals surface area contributed by atoms with Crippen molar-refractivity contribution >= 4 is 11.9 Å². The summed E-state index contributed by atoms with van der Waals surface area (Å²) in [6, 6.07) is 4.80. The maximum atomic E-state index is 12.5. The number of nitrogens with one attached hydrogen (secondary N) is 1. The average Bonchev–Trinajstić information content (AvgIpc) is 2.55. The predicted octanol–water partition coefficient (Wildman–Crippen LogP) is 3.64. The molecule has 4 nitrogen and oxygen atoms in total. The monoisotopic (exact) mass is 357 g/mol. The van der Waals surface area contributed by atoms with Gasteiger partial charge in [0.1, 0.15) is 0 Å². The fourth-order valence-electron chi connectivity index (χ4n) is 3.10. The first-order valence-electron chi connectivity index (χ1n) is 8.36. The van der Waals surface area contributed by atoms with Gasteiger partial charge in [-0.25, -0.2) is 0 Å². The standard InChI is InChI=1S/C18H22F3NO3/c1-11(10-12-2-6-14(7-3-12)18(19,20)21)16(23)22-15-8-4-13(5-9-15)17(24)25/h2-3,6-7,11,13,15H,4-5,8-10H2,1H3,(H,22,23)(H,24,25). The Morgan fingerprint density at radius 3 is 2.20 bits per heavy atom. The maximum absolute atomic E-state index is 12.5. The molecule has 1 aliphatic carbocycles. The Morgan fingerprint density at radius 1 is 1.16 bits per heavy atom. The van der Waals surface area contributed by atoms with E-state index < -0.39 is 17.7 Å². The number of carbonyl (C=O) groups excluding carboxylic acids is 1. The van der Waals surface area contributed by atoms with E-state index in [0.717, 1.165) is 12.1 Å². The second-order valence-corrected chi connectivity index (χ2v) is 6.70. The second-order valence-electron chi connectivity index (χ2n) is 6.70. The number of hydrogen-bond donors (Lipinski definition) is 2. The summed E-state index contributed by atoms with van der Waals surface area (Å²) in [5.74, 6) is -1.65. The molecule has 0 aliphatic heterocycles. The van der Waals surface area contributed by atoms with Crippen LogP contribution in [0.1, 0.15) is 43.7 Å². The quantitative estimate of drug-likeness (QED) is 0.845. The summed E-state index contributed by atoms with van der Waals surface area (Å²) >= 11 is 0. The minimum atomic E-state index is -4.36. The number of carbonyl (C=O) groups is 2. The molecular weight excluding hydrogens is 335 g/mol. The second kappa shape index (κ2) is 7.89. The lowest BCUT2D eigenvalue weighted by Gasteiger charge is -2.27. The van der Waals surface area contributed by atoms with Crippen molar-refractivity contribution in [3.05, 3.63) is 35.4 Å². The zero-order chi connectivity index (χ0) is 18.6. The smallest absolute Gasteiger partial charge is 0.416 e. The lowest BCUT2D eigenvalue weighted by molar-refractivity contribution is -0.143. The predicted molar refractivity (Wildman–Crippen MR) is 85.8 cm³/mol. The van der Waals surface area contributed by atoms with Gasteiger partial charge < -0.3 is 10.4 Å². The number of hydrogen-bond acceptors (Lipinski definition) is 2. The molecule has 1 unspecified atom stereocenters. The third-order valence-corrected chi connectivity index (χ3v) is 4.69. The van der Waals surface area contributed by atoms with E-state index >= 15 is 0 Å². The summed E-state index contributed by atoms with van der Waals surface area (Å²) in [5, 5.41) is 11.9. The van der Waals surface area contributed by atoms with Crippen molar-refractivity contribution in [2.75, 3.05) is 0 Å². The van der Waals surface area contributed by atoms with E-state index in [9.17, 15) is 22.8 Å². The molecule has 1 amide bonds. The summed E-state index contributed by atoms with van der Waals surface area (Å²) < 4.78 is 37.6. The van der Waals surface area contributed by atoms with Crippen LogP contribution in [0.2, 0.25) is 0 Å². The fraction of sp³-hybridized carbons (Fsp3) is 0.556. The van der Waals surface area contributed by atoms with Crippen LogP contribution in [-0.4, -0.2) is 23.0 Å². The molecule has 2 rings (SSSR count). The molecule has 7 heteroatoms. The SMILES string of the molecule is CC(Cc1ccc(C(F)(F)F)cc1)C(=O)NC1CCC(C(=O)O)CC1. The van der Waals surface area contributed by atoms with Gasteiger partial charge in [-0.05, 0) is 49.8 Å². The highest BCUT2D eigenvalue weighted by molar-refractivity contribution is 5.79. The molecule has 1 aliphatic rings. The minimum absolute atomic E-state index is 0.0295. The van der Waals surface area contributed by atoms with E-state index in [1.807, 2.05) is 0 Å². The Kier molecular flexibility index (Phi) is 6.08. The largest absolute Gasteiger partial charge is 0.481 e. The number of rotatable bonds is 5. The minimum Gasteiger partial charge on any atom is -0.481 e. The molecule has 138 valence electrons. The van der Waals surface area contributed by atoms with Crippen LogP contribution in [-0.2, 0) is 22.2 Å². The summed E-state index contributed by atoms with van der Waals surface area (Å²) in [6.45, 7) is 1.73. The van der Waals surface area contributed by atoms with E-state index in [4.69, 9.17) is 5.11 Å². The molecule has 1 saturated carbocycles. The third-order valence-electron chi connectivity index (χ3n) is 4.69. The number of carboxylic acids is 1. The van der Waals surface area contributed by atoms with Crippen molar-refractivity contribution in [3.8, 4) is 0 Å². The normalized spacial score (nSPS) is 22.2. The van der Waals surface area contributed by atoms with E-state index in [-0.39, 0.29) is 23.8 Å². The van der Waals surface area contributed by atoms with Crippen molar-refractivity contribution in [2.45, 2.75) is 51.2 Å². The Labute approximate surface area is 144 Å². The van der Waals surface area contributed by atoms with Crippen molar-refractivity contribution in [1.82, 2.24) is 5.32 Å². The van der Waals surface area contributed by atoms with Crippen LogP contribution in [0.25, 0.3) is 0 Å². The molecule has 2 N–H and O–H groups in total. The molecule has 0 aromatic heterocycles. The van der Waals surface area contributed by atoms with Gasteiger partial charge >= 0.3 is 12.1 Å². The Balaban J connectivity index is 1.83. The van der Waals surface area contributed by atoms with Crippen LogP contribution in [0, 0.1) is 11.8 Å². The maximum Gasteiger partial charge on any atom is 0.416 e. The van der Waals surface area contributed by atoms with Gasteiger partial charge in [-0.15, -0.1) is 0 Å². The van der Waals surface area contributed by atoms with Crippen LogP contribution in [0.3, 0.4) is 0 Å². The van der Waals surface area contributed by atoms with Gasteiger partial charge in [0, 0.05) is 12.0 Å². The van der Waals surface area contributed by atoms with Gasteiger partial charge in [-0.1, -0.05) is 19.1 Å². The van der Waals surface area contributed by atoms with E-state index in [1.54, 1.807) is 6.92 Å². The number of carboxylic acid groups (broad SMARTS) is 1. The van der Waals surface area contributed by atoms with Gasteiger partial charge in [0.25, 0.3) is 0 Å². The molecule has 0 heterocycles. The van der Waals surface area contributed by atoms with Gasteiger partial charge in [0.2, 0.25) is 5.91 Å². The Bertz CT molecular complexity index is 605. The highest BCUT2D eigenvalue weighted by atomic mass is 19.4.